The van der Waals surface area contributed by atoms with Crippen LogP contribution in [0.2, 0.25) is 0 Å². The maximum atomic E-state index is 5.56. The smallest absolute Gasteiger partial charge is 0.0733 e. The third kappa shape index (κ3) is 2.75. The fraction of sp³-hybridized carbons (Fsp3) is 0.500. The summed E-state index contributed by atoms with van der Waals surface area (Å²) in [5, 5.41) is 4.50. The lowest BCUT2D eigenvalue weighted by molar-refractivity contribution is 0.171. The highest BCUT2D eigenvalue weighted by Gasteiger charge is 2.30. The summed E-state index contributed by atoms with van der Waals surface area (Å²) in [5.74, 6) is 0.841. The maximum Gasteiger partial charge on any atom is 0.0733 e. The van der Waals surface area contributed by atoms with E-state index in [1.165, 1.54) is 24.8 Å². The number of hydrogen-bond donors (Lipinski definition) is 1. The number of rotatable bonds is 5. The molecule has 4 nitrogen and oxygen atoms in total. The van der Waals surface area contributed by atoms with Crippen molar-refractivity contribution < 1.29 is 0 Å². The molecule has 1 aliphatic carbocycles. The number of hydrogen-bond acceptors (Lipinski definition) is 3. The third-order valence-corrected chi connectivity index (χ3v) is 4.21. The van der Waals surface area contributed by atoms with Crippen LogP contribution in [0.5, 0.6) is 0 Å². The lowest BCUT2D eigenvalue weighted by Crippen LogP contribution is -2.27. The largest absolute Gasteiger partial charge is 0.330 e. The van der Waals surface area contributed by atoms with Crippen LogP contribution >= 0.6 is 0 Å². The van der Waals surface area contributed by atoms with E-state index in [4.69, 9.17) is 5.73 Å². The Balaban J connectivity index is 1.62. The molecular formula is C16H22N4. The second-order valence-corrected chi connectivity index (χ2v) is 5.85. The van der Waals surface area contributed by atoms with Gasteiger partial charge in [0.15, 0.2) is 0 Å². The molecule has 0 radical (unpaired) electrons. The summed E-state index contributed by atoms with van der Waals surface area (Å²) in [7, 11) is 0. The minimum Gasteiger partial charge on any atom is -0.330 e. The van der Waals surface area contributed by atoms with Crippen molar-refractivity contribution in [1.82, 2.24) is 14.8 Å². The van der Waals surface area contributed by atoms with Crippen LogP contribution in [0.1, 0.15) is 37.3 Å². The SMILES string of the molecule is Cc1ccc(-c2cnn(C3CC(CCCN)C3)c2)nc1. The molecule has 4 heteroatoms. The van der Waals surface area contributed by atoms with Crippen LogP contribution < -0.4 is 5.73 Å². The molecular weight excluding hydrogens is 248 g/mol. The van der Waals surface area contributed by atoms with Crippen LogP contribution in [0.3, 0.4) is 0 Å². The molecule has 0 aliphatic heterocycles. The van der Waals surface area contributed by atoms with Gasteiger partial charge in [-0.05, 0) is 56.7 Å². The molecule has 2 N–H and O–H groups in total. The van der Waals surface area contributed by atoms with Crippen molar-refractivity contribution in [3.05, 3.63) is 36.3 Å². The lowest BCUT2D eigenvalue weighted by atomic mass is 9.77. The van der Waals surface area contributed by atoms with Crippen molar-refractivity contribution in [1.29, 1.82) is 0 Å². The van der Waals surface area contributed by atoms with E-state index in [0.717, 1.165) is 30.1 Å². The molecule has 0 spiro atoms. The Kier molecular flexibility index (Phi) is 3.83. The first kappa shape index (κ1) is 13.3. The van der Waals surface area contributed by atoms with Gasteiger partial charge in [0.1, 0.15) is 0 Å². The Hall–Kier alpha value is -1.68. The Bertz CT molecular complexity index is 552. The molecule has 20 heavy (non-hydrogen) atoms. The molecule has 1 fully saturated rings. The molecule has 0 saturated heterocycles. The number of nitrogens with zero attached hydrogens (tertiary/aromatic N) is 3. The van der Waals surface area contributed by atoms with E-state index in [1.54, 1.807) is 0 Å². The number of pyridine rings is 1. The van der Waals surface area contributed by atoms with Crippen molar-refractivity contribution >= 4 is 0 Å². The molecule has 1 aliphatic rings. The zero-order chi connectivity index (χ0) is 13.9. The second-order valence-electron chi connectivity index (χ2n) is 5.85. The summed E-state index contributed by atoms with van der Waals surface area (Å²) in [6, 6.07) is 4.71. The van der Waals surface area contributed by atoms with Crippen LogP contribution in [-0.2, 0) is 0 Å². The average molecular weight is 270 g/mol. The number of aryl methyl sites for hydroxylation is 1. The molecule has 0 aromatic carbocycles. The summed E-state index contributed by atoms with van der Waals surface area (Å²) in [6.45, 7) is 2.86. The van der Waals surface area contributed by atoms with Crippen LogP contribution in [0.15, 0.2) is 30.7 Å². The zero-order valence-corrected chi connectivity index (χ0v) is 12.0. The zero-order valence-electron chi connectivity index (χ0n) is 12.0. The standard InChI is InChI=1S/C16H22N4/c1-12-4-5-16(18-9-12)14-10-19-20(11-14)15-7-13(8-15)3-2-6-17/h4-5,9-11,13,15H,2-3,6-8,17H2,1H3. The summed E-state index contributed by atoms with van der Waals surface area (Å²) in [6.07, 6.45) is 10.8. The van der Waals surface area contributed by atoms with Gasteiger partial charge in [-0.1, -0.05) is 6.07 Å². The van der Waals surface area contributed by atoms with Gasteiger partial charge in [-0.15, -0.1) is 0 Å². The number of aromatic nitrogens is 3. The van der Waals surface area contributed by atoms with Crippen LogP contribution in [0.25, 0.3) is 11.3 Å². The van der Waals surface area contributed by atoms with Crippen molar-refractivity contribution in [2.75, 3.05) is 6.54 Å². The van der Waals surface area contributed by atoms with E-state index < -0.39 is 0 Å². The van der Waals surface area contributed by atoms with Gasteiger partial charge in [0.05, 0.1) is 17.9 Å². The average Bonchev–Trinajstić information content (AvgIpc) is 2.87. The van der Waals surface area contributed by atoms with E-state index >= 15 is 0 Å². The van der Waals surface area contributed by atoms with Crippen molar-refractivity contribution in [3.63, 3.8) is 0 Å². The number of nitrogens with two attached hydrogens (primary N) is 1. The Labute approximate surface area is 120 Å². The van der Waals surface area contributed by atoms with Gasteiger partial charge in [-0.3, -0.25) is 9.67 Å². The lowest BCUT2D eigenvalue weighted by Gasteiger charge is -2.35. The summed E-state index contributed by atoms with van der Waals surface area (Å²) in [5.41, 5.74) is 8.85. The Morgan fingerprint density at radius 1 is 1.30 bits per heavy atom. The highest BCUT2D eigenvalue weighted by Crippen LogP contribution is 2.40. The molecule has 106 valence electrons. The normalized spacial score (nSPS) is 21.7. The van der Waals surface area contributed by atoms with E-state index in [1.807, 2.05) is 12.4 Å². The minimum atomic E-state index is 0.567. The maximum absolute atomic E-state index is 5.56. The first-order valence-corrected chi connectivity index (χ1v) is 7.43. The predicted octanol–water partition coefficient (Wildman–Crippen LogP) is 2.94. The molecule has 0 unspecified atom stereocenters. The van der Waals surface area contributed by atoms with E-state index in [0.29, 0.717) is 6.04 Å². The molecule has 0 atom stereocenters. The van der Waals surface area contributed by atoms with Gasteiger partial charge < -0.3 is 5.73 Å². The van der Waals surface area contributed by atoms with Gasteiger partial charge in [-0.2, -0.15) is 5.10 Å². The summed E-state index contributed by atoms with van der Waals surface area (Å²) in [4.78, 5) is 4.45. The molecule has 2 heterocycles. The second kappa shape index (κ2) is 5.75. The summed E-state index contributed by atoms with van der Waals surface area (Å²) >= 11 is 0. The molecule has 2 aromatic rings. The van der Waals surface area contributed by atoms with Gasteiger partial charge in [-0.25, -0.2) is 0 Å². The van der Waals surface area contributed by atoms with E-state index in [9.17, 15) is 0 Å². The molecule has 1 saturated carbocycles. The highest BCUT2D eigenvalue weighted by molar-refractivity contribution is 5.56. The van der Waals surface area contributed by atoms with Crippen molar-refractivity contribution in [2.45, 2.75) is 38.6 Å². The Morgan fingerprint density at radius 2 is 2.15 bits per heavy atom. The first-order chi connectivity index (χ1) is 9.76. The first-order valence-electron chi connectivity index (χ1n) is 7.43. The van der Waals surface area contributed by atoms with E-state index in [-0.39, 0.29) is 0 Å². The topological polar surface area (TPSA) is 56.7 Å². The van der Waals surface area contributed by atoms with E-state index in [2.05, 4.69) is 40.0 Å². The molecule has 2 aromatic heterocycles. The predicted molar refractivity (Wildman–Crippen MR) is 80.2 cm³/mol. The third-order valence-electron chi connectivity index (χ3n) is 4.21. The fourth-order valence-corrected chi connectivity index (χ4v) is 2.87. The Morgan fingerprint density at radius 3 is 2.85 bits per heavy atom. The van der Waals surface area contributed by atoms with Crippen molar-refractivity contribution in [2.24, 2.45) is 11.7 Å². The van der Waals surface area contributed by atoms with Crippen LogP contribution in [0, 0.1) is 12.8 Å². The van der Waals surface area contributed by atoms with Crippen molar-refractivity contribution in [3.8, 4) is 11.3 Å². The fourth-order valence-electron chi connectivity index (χ4n) is 2.87. The molecule has 0 bridgehead atoms. The van der Waals surface area contributed by atoms with Gasteiger partial charge in [0.2, 0.25) is 0 Å². The summed E-state index contributed by atoms with van der Waals surface area (Å²) < 4.78 is 2.11. The van der Waals surface area contributed by atoms with Gasteiger partial charge in [0.25, 0.3) is 0 Å². The van der Waals surface area contributed by atoms with Gasteiger partial charge >= 0.3 is 0 Å². The van der Waals surface area contributed by atoms with Crippen LogP contribution in [-0.4, -0.2) is 21.3 Å². The monoisotopic (exact) mass is 270 g/mol. The molecule has 0 amide bonds. The molecule has 3 rings (SSSR count). The highest BCUT2D eigenvalue weighted by atomic mass is 15.3. The van der Waals surface area contributed by atoms with Crippen LogP contribution in [0.4, 0.5) is 0 Å². The van der Waals surface area contributed by atoms with Gasteiger partial charge in [0, 0.05) is 18.0 Å². The quantitative estimate of drug-likeness (QED) is 0.908. The minimum absolute atomic E-state index is 0.567.